The Balaban J connectivity index is 1.46. The highest BCUT2D eigenvalue weighted by Crippen LogP contribution is 2.40. The maximum absolute atomic E-state index is 12.5. The van der Waals surface area contributed by atoms with Gasteiger partial charge in [-0.05, 0) is 44.4 Å². The zero-order valence-corrected chi connectivity index (χ0v) is 16.9. The molecule has 1 amide bonds. The highest BCUT2D eigenvalue weighted by molar-refractivity contribution is 9.10. The van der Waals surface area contributed by atoms with E-state index < -0.39 is 0 Å². The Bertz CT molecular complexity index is 988. The first kappa shape index (κ1) is 18.0. The lowest BCUT2D eigenvalue weighted by molar-refractivity contribution is -0.121. The summed E-state index contributed by atoms with van der Waals surface area (Å²) in [6.45, 7) is 4.70. The van der Waals surface area contributed by atoms with Crippen LogP contribution in [0, 0.1) is 13.8 Å². The molecule has 1 aliphatic carbocycles. The Morgan fingerprint density at radius 3 is 2.81 bits per heavy atom. The van der Waals surface area contributed by atoms with E-state index in [2.05, 4.69) is 31.4 Å². The monoisotopic (exact) mass is 428 g/mol. The second-order valence-electron chi connectivity index (χ2n) is 6.96. The molecule has 0 unspecified atom stereocenters. The quantitative estimate of drug-likeness (QED) is 0.640. The molecule has 0 bridgehead atoms. The molecule has 0 aliphatic heterocycles. The smallest absolute Gasteiger partial charge is 0.249 e. The van der Waals surface area contributed by atoms with Gasteiger partial charge in [0.1, 0.15) is 6.54 Å². The summed E-state index contributed by atoms with van der Waals surface area (Å²) in [5.41, 5.74) is 3.88. The molecular formula is C20H21BrN4O2. The average molecular weight is 429 g/mol. The molecule has 0 atom stereocenters. The Morgan fingerprint density at radius 1 is 1.30 bits per heavy atom. The molecular weight excluding hydrogens is 408 g/mol. The fourth-order valence-corrected chi connectivity index (χ4v) is 3.56. The van der Waals surface area contributed by atoms with E-state index in [0.717, 1.165) is 45.7 Å². The van der Waals surface area contributed by atoms with Crippen LogP contribution in [0.25, 0.3) is 11.5 Å². The van der Waals surface area contributed by atoms with Gasteiger partial charge in [-0.25, -0.2) is 0 Å². The minimum absolute atomic E-state index is 0.0386. The summed E-state index contributed by atoms with van der Waals surface area (Å²) in [7, 11) is 0. The van der Waals surface area contributed by atoms with Crippen molar-refractivity contribution in [2.75, 3.05) is 0 Å². The summed E-state index contributed by atoms with van der Waals surface area (Å²) in [6.07, 6.45) is 2.25. The molecule has 1 saturated carbocycles. The van der Waals surface area contributed by atoms with E-state index in [-0.39, 0.29) is 12.5 Å². The zero-order chi connectivity index (χ0) is 19.0. The summed E-state index contributed by atoms with van der Waals surface area (Å²) in [5, 5.41) is 11.3. The molecule has 1 aliphatic rings. The second-order valence-corrected chi connectivity index (χ2v) is 7.81. The van der Waals surface area contributed by atoms with Crippen LogP contribution in [0.15, 0.2) is 39.2 Å². The molecule has 0 spiro atoms. The van der Waals surface area contributed by atoms with Crippen molar-refractivity contribution in [3.8, 4) is 11.5 Å². The van der Waals surface area contributed by atoms with Crippen LogP contribution >= 0.6 is 15.9 Å². The van der Waals surface area contributed by atoms with E-state index in [0.29, 0.717) is 18.4 Å². The third-order valence-corrected chi connectivity index (χ3v) is 5.68. The van der Waals surface area contributed by atoms with Crippen LogP contribution in [0.4, 0.5) is 0 Å². The van der Waals surface area contributed by atoms with E-state index in [1.54, 1.807) is 0 Å². The molecule has 140 valence electrons. The number of carbonyl (C=O) groups excluding carboxylic acids is 1. The number of benzene rings is 1. The Hall–Kier alpha value is -2.41. The topological polar surface area (TPSA) is 73.0 Å². The van der Waals surface area contributed by atoms with Gasteiger partial charge in [0.15, 0.2) is 0 Å². The van der Waals surface area contributed by atoms with Gasteiger partial charge in [-0.15, -0.1) is 10.2 Å². The van der Waals surface area contributed by atoms with Crippen LogP contribution in [0.3, 0.4) is 0 Å². The standard InChI is InChI=1S/C20H21BrN4O2/c1-12-9-16(20-24-23-19(27-20)14-7-8-14)13(2)25(12)11-18(26)22-10-15-5-3-4-6-17(15)21/h3-6,9,14H,7-8,10-11H2,1-2H3,(H,22,26). The molecule has 7 heteroatoms. The van der Waals surface area contributed by atoms with Gasteiger partial charge >= 0.3 is 0 Å². The number of carbonyl (C=O) groups is 1. The first-order valence-corrected chi connectivity index (χ1v) is 9.83. The molecule has 2 aromatic heterocycles. The lowest BCUT2D eigenvalue weighted by Gasteiger charge is -2.11. The first-order chi connectivity index (χ1) is 13.0. The number of aryl methyl sites for hydroxylation is 1. The van der Waals surface area contributed by atoms with Crippen molar-refractivity contribution in [1.82, 2.24) is 20.1 Å². The lowest BCUT2D eigenvalue weighted by Crippen LogP contribution is -2.28. The Kier molecular flexibility index (Phi) is 4.86. The van der Waals surface area contributed by atoms with Gasteiger partial charge < -0.3 is 14.3 Å². The Labute approximate surface area is 166 Å². The van der Waals surface area contributed by atoms with Crippen LogP contribution < -0.4 is 5.32 Å². The van der Waals surface area contributed by atoms with Gasteiger partial charge in [-0.2, -0.15) is 0 Å². The Morgan fingerprint density at radius 2 is 2.07 bits per heavy atom. The molecule has 3 aromatic rings. The number of rotatable bonds is 6. The van der Waals surface area contributed by atoms with E-state index >= 15 is 0 Å². The fourth-order valence-electron chi connectivity index (χ4n) is 3.13. The largest absolute Gasteiger partial charge is 0.420 e. The van der Waals surface area contributed by atoms with Gasteiger partial charge in [0.2, 0.25) is 17.7 Å². The molecule has 2 heterocycles. The third-order valence-electron chi connectivity index (χ3n) is 4.91. The molecule has 4 rings (SSSR count). The summed E-state index contributed by atoms with van der Waals surface area (Å²) in [6, 6.07) is 9.87. The maximum atomic E-state index is 12.5. The predicted molar refractivity (Wildman–Crippen MR) is 105 cm³/mol. The van der Waals surface area contributed by atoms with Crippen LogP contribution in [-0.2, 0) is 17.9 Å². The fraction of sp³-hybridized carbons (Fsp3) is 0.350. The van der Waals surface area contributed by atoms with Gasteiger partial charge in [0.25, 0.3) is 0 Å². The molecule has 27 heavy (non-hydrogen) atoms. The van der Waals surface area contributed by atoms with Gasteiger partial charge in [0.05, 0.1) is 5.56 Å². The highest BCUT2D eigenvalue weighted by Gasteiger charge is 2.30. The van der Waals surface area contributed by atoms with Crippen molar-refractivity contribution in [2.24, 2.45) is 0 Å². The maximum Gasteiger partial charge on any atom is 0.249 e. The normalized spacial score (nSPS) is 13.7. The van der Waals surface area contributed by atoms with E-state index in [1.807, 2.05) is 48.7 Å². The molecule has 0 saturated heterocycles. The van der Waals surface area contributed by atoms with E-state index in [4.69, 9.17) is 4.42 Å². The molecule has 6 nitrogen and oxygen atoms in total. The van der Waals surface area contributed by atoms with Crippen LogP contribution in [0.5, 0.6) is 0 Å². The molecule has 1 N–H and O–H groups in total. The van der Waals surface area contributed by atoms with Crippen molar-refractivity contribution in [2.45, 2.75) is 45.7 Å². The van der Waals surface area contributed by atoms with Crippen LogP contribution in [0.2, 0.25) is 0 Å². The van der Waals surface area contributed by atoms with Crippen molar-refractivity contribution >= 4 is 21.8 Å². The van der Waals surface area contributed by atoms with Crippen molar-refractivity contribution < 1.29 is 9.21 Å². The minimum Gasteiger partial charge on any atom is -0.420 e. The van der Waals surface area contributed by atoms with Crippen molar-refractivity contribution in [3.63, 3.8) is 0 Å². The summed E-state index contributed by atoms with van der Waals surface area (Å²) >= 11 is 3.50. The number of hydrogen-bond acceptors (Lipinski definition) is 4. The van der Waals surface area contributed by atoms with Gasteiger partial charge in [0, 0.05) is 28.3 Å². The lowest BCUT2D eigenvalue weighted by atomic mass is 10.2. The summed E-state index contributed by atoms with van der Waals surface area (Å²) in [4.78, 5) is 12.5. The molecule has 0 radical (unpaired) electrons. The number of halogens is 1. The summed E-state index contributed by atoms with van der Waals surface area (Å²) in [5.74, 6) is 1.65. The third kappa shape index (κ3) is 3.83. The second kappa shape index (κ2) is 7.31. The highest BCUT2D eigenvalue weighted by atomic mass is 79.9. The molecule has 1 fully saturated rings. The number of amides is 1. The zero-order valence-electron chi connectivity index (χ0n) is 15.3. The molecule has 1 aromatic carbocycles. The number of aromatic nitrogens is 3. The van der Waals surface area contributed by atoms with Crippen molar-refractivity contribution in [1.29, 1.82) is 0 Å². The average Bonchev–Trinajstić information content (AvgIpc) is 3.33. The van der Waals surface area contributed by atoms with Crippen molar-refractivity contribution in [3.05, 3.63) is 57.6 Å². The van der Waals surface area contributed by atoms with Gasteiger partial charge in [-0.3, -0.25) is 4.79 Å². The number of nitrogens with zero attached hydrogens (tertiary/aromatic N) is 3. The van der Waals surface area contributed by atoms with Crippen LogP contribution in [-0.4, -0.2) is 20.7 Å². The minimum atomic E-state index is -0.0386. The number of hydrogen-bond donors (Lipinski definition) is 1. The van der Waals surface area contributed by atoms with Gasteiger partial charge in [-0.1, -0.05) is 34.1 Å². The predicted octanol–water partition coefficient (Wildman–Crippen LogP) is 4.11. The number of nitrogens with one attached hydrogen (secondary N) is 1. The van der Waals surface area contributed by atoms with E-state index in [1.165, 1.54) is 0 Å². The first-order valence-electron chi connectivity index (χ1n) is 9.03. The SMILES string of the molecule is Cc1cc(-c2nnc(C3CC3)o2)c(C)n1CC(=O)NCc1ccccc1Br. The van der Waals surface area contributed by atoms with E-state index in [9.17, 15) is 4.79 Å². The van der Waals surface area contributed by atoms with Crippen LogP contribution in [0.1, 0.15) is 41.6 Å². The summed E-state index contributed by atoms with van der Waals surface area (Å²) < 4.78 is 8.79.